The van der Waals surface area contributed by atoms with Crippen LogP contribution in [0.15, 0.2) is 54.9 Å². The highest BCUT2D eigenvalue weighted by Crippen LogP contribution is 2.41. The summed E-state index contributed by atoms with van der Waals surface area (Å²) in [5, 5.41) is 10.1. The molecule has 2 fully saturated rings. The zero-order chi connectivity index (χ0) is 26.8. The summed E-state index contributed by atoms with van der Waals surface area (Å²) >= 11 is 0. The van der Waals surface area contributed by atoms with Crippen LogP contribution in [0, 0.1) is 11.3 Å². The summed E-state index contributed by atoms with van der Waals surface area (Å²) in [5.41, 5.74) is 3.41. The zero-order valence-electron chi connectivity index (χ0n) is 22.5. The van der Waals surface area contributed by atoms with Crippen molar-refractivity contribution in [1.82, 2.24) is 29.3 Å². The second-order valence-corrected chi connectivity index (χ2v) is 10.7. The summed E-state index contributed by atoms with van der Waals surface area (Å²) < 4.78 is 14.3. The quantitative estimate of drug-likeness (QED) is 0.325. The third kappa shape index (κ3) is 5.58. The van der Waals surface area contributed by atoms with E-state index in [0.29, 0.717) is 47.3 Å². The highest BCUT2D eigenvalue weighted by molar-refractivity contribution is 5.83. The van der Waals surface area contributed by atoms with Gasteiger partial charge in [0, 0.05) is 38.3 Å². The molecule has 1 saturated carbocycles. The van der Waals surface area contributed by atoms with Gasteiger partial charge in [0.25, 0.3) is 0 Å². The zero-order valence-corrected chi connectivity index (χ0v) is 22.5. The van der Waals surface area contributed by atoms with Crippen molar-refractivity contribution in [2.24, 2.45) is 0 Å². The fourth-order valence-corrected chi connectivity index (χ4v) is 4.89. The molecule has 0 unspecified atom stereocenters. The molecule has 1 saturated heterocycles. The number of rotatable bonds is 9. The number of aromatic nitrogens is 4. The van der Waals surface area contributed by atoms with Crippen molar-refractivity contribution in [2.45, 2.75) is 31.9 Å². The molecule has 0 amide bonds. The van der Waals surface area contributed by atoms with E-state index in [9.17, 15) is 5.26 Å². The predicted octanol–water partition coefficient (Wildman–Crippen LogP) is 3.97. The van der Waals surface area contributed by atoms with Crippen LogP contribution >= 0.6 is 0 Å². The molecule has 2 aromatic heterocycles. The third-order valence-electron chi connectivity index (χ3n) is 7.60. The Labute approximate surface area is 228 Å². The largest absolute Gasteiger partial charge is 0.492 e. The molecule has 0 bridgehead atoms. The molecular weight excluding hydrogens is 490 g/mol. The van der Waals surface area contributed by atoms with Crippen LogP contribution in [0.2, 0.25) is 0 Å². The molecule has 1 aliphatic heterocycles. The second kappa shape index (κ2) is 10.6. The molecule has 0 spiro atoms. The van der Waals surface area contributed by atoms with Gasteiger partial charge in [-0.25, -0.2) is 9.97 Å². The number of nitrogens with zero attached hydrogens (tertiary/aromatic N) is 7. The van der Waals surface area contributed by atoms with Gasteiger partial charge in [-0.3, -0.25) is 4.90 Å². The van der Waals surface area contributed by atoms with E-state index in [4.69, 9.17) is 14.5 Å². The van der Waals surface area contributed by atoms with Crippen molar-refractivity contribution in [3.63, 3.8) is 0 Å². The first-order valence-electron chi connectivity index (χ1n) is 13.5. The van der Waals surface area contributed by atoms with Gasteiger partial charge in [-0.1, -0.05) is 30.3 Å². The number of likely N-dealkylation sites (N-methyl/N-ethyl adjacent to an activating group) is 1. The lowest BCUT2D eigenvalue weighted by Gasteiger charge is -2.32. The normalized spacial score (nSPS) is 17.2. The molecule has 2 aromatic carbocycles. The molecule has 2 aliphatic rings. The van der Waals surface area contributed by atoms with E-state index in [-0.39, 0.29) is 5.60 Å². The number of piperazine rings is 1. The maximum Gasteiger partial charge on any atom is 0.245 e. The number of benzene rings is 2. The summed E-state index contributed by atoms with van der Waals surface area (Å²) in [7, 11) is 2.15. The van der Waals surface area contributed by atoms with Crippen molar-refractivity contribution < 1.29 is 9.47 Å². The first-order chi connectivity index (χ1) is 19.0. The molecule has 200 valence electrons. The maximum atomic E-state index is 10.1. The second-order valence-electron chi connectivity index (χ2n) is 10.7. The molecule has 9 nitrogen and oxygen atoms in total. The molecule has 0 N–H and O–H groups in total. The Hall–Kier alpha value is -4.00. The standard InChI is InChI=1S/C30H33N7O2/c1-30(10-11-30)39-29-26-28(32-21-33-29)37(20-22-6-4-3-5-7-22)27(34-26)25-9-8-24(18-23(25)19-31)38-17-16-36-14-12-35(2)13-15-36/h3-9,18,21H,10-17,20H2,1-2H3. The Bertz CT molecular complexity index is 1500. The number of nitriles is 1. The van der Waals surface area contributed by atoms with Gasteiger partial charge in [0.1, 0.15) is 36.2 Å². The summed E-state index contributed by atoms with van der Waals surface area (Å²) in [6, 6.07) is 18.2. The summed E-state index contributed by atoms with van der Waals surface area (Å²) in [6.07, 6.45) is 3.51. The summed E-state index contributed by atoms with van der Waals surface area (Å²) in [5.74, 6) is 1.82. The fraction of sp³-hybridized carbons (Fsp3) is 0.400. The molecular formula is C30H33N7O2. The van der Waals surface area contributed by atoms with Gasteiger partial charge < -0.3 is 18.9 Å². The van der Waals surface area contributed by atoms with Gasteiger partial charge in [-0.05, 0) is 50.6 Å². The molecule has 9 heteroatoms. The fourth-order valence-electron chi connectivity index (χ4n) is 4.89. The number of hydrogen-bond donors (Lipinski definition) is 0. The highest BCUT2D eigenvalue weighted by Gasteiger charge is 2.41. The van der Waals surface area contributed by atoms with E-state index in [1.807, 2.05) is 34.9 Å². The van der Waals surface area contributed by atoms with Gasteiger partial charge in [0.2, 0.25) is 5.88 Å². The third-order valence-corrected chi connectivity index (χ3v) is 7.60. The van der Waals surface area contributed by atoms with Crippen molar-refractivity contribution in [2.75, 3.05) is 46.4 Å². The van der Waals surface area contributed by atoms with Gasteiger partial charge in [-0.15, -0.1) is 0 Å². The molecule has 0 atom stereocenters. The van der Waals surface area contributed by atoms with Crippen molar-refractivity contribution in [1.29, 1.82) is 5.26 Å². The van der Waals surface area contributed by atoms with E-state index >= 15 is 0 Å². The predicted molar refractivity (Wildman–Crippen MR) is 149 cm³/mol. The van der Waals surface area contributed by atoms with E-state index in [2.05, 4.69) is 51.9 Å². The smallest absolute Gasteiger partial charge is 0.245 e. The van der Waals surface area contributed by atoms with Crippen LogP contribution in [0.5, 0.6) is 11.6 Å². The van der Waals surface area contributed by atoms with Crippen LogP contribution in [0.4, 0.5) is 0 Å². The minimum Gasteiger partial charge on any atom is -0.492 e. The van der Waals surface area contributed by atoms with Crippen LogP contribution in [0.25, 0.3) is 22.6 Å². The van der Waals surface area contributed by atoms with Gasteiger partial charge in [-0.2, -0.15) is 10.2 Å². The van der Waals surface area contributed by atoms with E-state index < -0.39 is 0 Å². The first-order valence-corrected chi connectivity index (χ1v) is 13.5. The Morgan fingerprint density at radius 1 is 1.03 bits per heavy atom. The number of imidazole rings is 1. The molecule has 4 aromatic rings. The highest BCUT2D eigenvalue weighted by atomic mass is 16.5. The lowest BCUT2D eigenvalue weighted by molar-refractivity contribution is 0.134. The minimum atomic E-state index is -0.203. The maximum absolute atomic E-state index is 10.1. The average molecular weight is 524 g/mol. The van der Waals surface area contributed by atoms with Crippen molar-refractivity contribution >= 4 is 11.2 Å². The molecule has 1 aliphatic carbocycles. The lowest BCUT2D eigenvalue weighted by atomic mass is 10.1. The molecule has 0 radical (unpaired) electrons. The Morgan fingerprint density at radius 2 is 1.82 bits per heavy atom. The molecule has 39 heavy (non-hydrogen) atoms. The number of hydrogen-bond acceptors (Lipinski definition) is 8. The van der Waals surface area contributed by atoms with E-state index in [1.54, 1.807) is 6.07 Å². The SMILES string of the molecule is CN1CCN(CCOc2ccc(-c3nc4c(OC5(C)CC5)ncnc4n3Cc3ccccc3)c(C#N)c2)CC1. The Morgan fingerprint density at radius 3 is 2.56 bits per heavy atom. The summed E-state index contributed by atoms with van der Waals surface area (Å²) in [6.45, 7) is 8.33. The monoisotopic (exact) mass is 523 g/mol. The van der Waals surface area contributed by atoms with Crippen LogP contribution in [0.3, 0.4) is 0 Å². The lowest BCUT2D eigenvalue weighted by Crippen LogP contribution is -2.45. The van der Waals surface area contributed by atoms with Crippen LogP contribution in [-0.4, -0.2) is 81.3 Å². The van der Waals surface area contributed by atoms with Gasteiger partial charge in [0.05, 0.1) is 12.1 Å². The Kier molecular flexibility index (Phi) is 6.90. The van der Waals surface area contributed by atoms with Crippen molar-refractivity contribution in [3.8, 4) is 29.1 Å². The van der Waals surface area contributed by atoms with Gasteiger partial charge >= 0.3 is 0 Å². The van der Waals surface area contributed by atoms with Crippen LogP contribution in [0.1, 0.15) is 30.9 Å². The molecule has 3 heterocycles. The van der Waals surface area contributed by atoms with Crippen LogP contribution < -0.4 is 9.47 Å². The number of ether oxygens (including phenoxy) is 2. The van der Waals surface area contributed by atoms with Crippen molar-refractivity contribution in [3.05, 3.63) is 66.0 Å². The Balaban J connectivity index is 1.31. The minimum absolute atomic E-state index is 0.203. The number of fused-ring (bicyclic) bond motifs is 1. The van der Waals surface area contributed by atoms with E-state index in [1.165, 1.54) is 6.33 Å². The van der Waals surface area contributed by atoms with Gasteiger partial charge in [0.15, 0.2) is 11.2 Å². The topological polar surface area (TPSA) is 92.3 Å². The summed E-state index contributed by atoms with van der Waals surface area (Å²) in [4.78, 5) is 18.7. The molecule has 6 rings (SSSR count). The average Bonchev–Trinajstić information content (AvgIpc) is 3.57. The van der Waals surface area contributed by atoms with Crippen LogP contribution in [-0.2, 0) is 6.54 Å². The van der Waals surface area contributed by atoms with E-state index in [0.717, 1.165) is 56.7 Å². The first kappa shape index (κ1) is 25.3.